The van der Waals surface area contributed by atoms with Crippen molar-refractivity contribution in [2.45, 2.75) is 44.2 Å². The zero-order chi connectivity index (χ0) is 25.6. The van der Waals surface area contributed by atoms with Crippen molar-refractivity contribution >= 4 is 27.3 Å². The van der Waals surface area contributed by atoms with Gasteiger partial charge in [-0.2, -0.15) is 0 Å². The normalized spacial score (nSPS) is 18.4. The number of nitrogens with one attached hydrogen (secondary N) is 2. The minimum absolute atomic E-state index is 0.0742. The van der Waals surface area contributed by atoms with Crippen LogP contribution in [0.4, 0.5) is 23.7 Å². The highest BCUT2D eigenvalue weighted by molar-refractivity contribution is 7.91. The fourth-order valence-electron chi connectivity index (χ4n) is 3.65. The maximum absolute atomic E-state index is 12.2. The summed E-state index contributed by atoms with van der Waals surface area (Å²) in [5.41, 5.74) is 0.622. The van der Waals surface area contributed by atoms with Crippen LogP contribution >= 0.6 is 0 Å². The summed E-state index contributed by atoms with van der Waals surface area (Å²) in [4.78, 5) is 24.2. The van der Waals surface area contributed by atoms with E-state index < -0.39 is 33.8 Å². The van der Waals surface area contributed by atoms with Gasteiger partial charge in [0.05, 0.1) is 6.10 Å². The van der Waals surface area contributed by atoms with E-state index in [0.29, 0.717) is 42.7 Å². The first-order chi connectivity index (χ1) is 16.4. The molecule has 0 atom stereocenters. The fourth-order valence-corrected chi connectivity index (χ4v) is 4.29. The maximum Gasteiger partial charge on any atom is 0.573 e. The Hall–Kier alpha value is -3.28. The van der Waals surface area contributed by atoms with Gasteiger partial charge in [-0.15, -0.1) is 13.2 Å². The van der Waals surface area contributed by atoms with Crippen molar-refractivity contribution < 1.29 is 40.7 Å². The van der Waals surface area contributed by atoms with E-state index in [1.165, 1.54) is 24.3 Å². The van der Waals surface area contributed by atoms with Crippen LogP contribution in [0.5, 0.6) is 11.5 Å². The van der Waals surface area contributed by atoms with E-state index in [1.54, 1.807) is 12.1 Å². The van der Waals surface area contributed by atoms with Gasteiger partial charge < -0.3 is 20.1 Å². The van der Waals surface area contributed by atoms with Crippen LogP contribution in [-0.2, 0) is 9.84 Å². The molecule has 1 saturated carbocycles. The Kier molecular flexibility index (Phi) is 8.26. The quantitative estimate of drug-likeness (QED) is 0.508. The first-order valence-corrected chi connectivity index (χ1v) is 12.8. The molecule has 2 N–H and O–H groups in total. The summed E-state index contributed by atoms with van der Waals surface area (Å²) in [6.45, 7) is 0. The summed E-state index contributed by atoms with van der Waals surface area (Å²) < 4.78 is 68.9. The molecule has 8 nitrogen and oxygen atoms in total. The van der Waals surface area contributed by atoms with Crippen LogP contribution in [-0.4, -0.2) is 50.7 Å². The van der Waals surface area contributed by atoms with E-state index >= 15 is 0 Å². The zero-order valence-corrected chi connectivity index (χ0v) is 19.6. The number of carbonyl (C=O) groups excluding carboxylic acids is 2. The predicted octanol–water partition coefficient (Wildman–Crippen LogP) is 4.32. The van der Waals surface area contributed by atoms with E-state index in [2.05, 4.69) is 15.4 Å². The van der Waals surface area contributed by atoms with Gasteiger partial charge in [-0.3, -0.25) is 4.79 Å². The molecule has 0 aromatic heterocycles. The van der Waals surface area contributed by atoms with Gasteiger partial charge in [0.15, 0.2) is 15.6 Å². The second-order valence-electron chi connectivity index (χ2n) is 8.28. The lowest BCUT2D eigenvalue weighted by Crippen LogP contribution is -2.41. The lowest BCUT2D eigenvalue weighted by atomic mass is 9.93. The van der Waals surface area contributed by atoms with Gasteiger partial charge in [0.2, 0.25) is 0 Å². The van der Waals surface area contributed by atoms with Gasteiger partial charge in [0.25, 0.3) is 0 Å². The number of ether oxygens (including phenoxy) is 2. The van der Waals surface area contributed by atoms with Crippen molar-refractivity contribution in [1.29, 1.82) is 0 Å². The van der Waals surface area contributed by atoms with Gasteiger partial charge in [-0.05, 0) is 74.2 Å². The first kappa shape index (κ1) is 26.3. The summed E-state index contributed by atoms with van der Waals surface area (Å²) in [5, 5.41) is 5.42. The number of Topliss-reactive ketones (excluding diaryl/α,β-unsaturated/α-hetero) is 1. The van der Waals surface area contributed by atoms with Crippen LogP contribution in [0.25, 0.3) is 0 Å². The summed E-state index contributed by atoms with van der Waals surface area (Å²) in [7, 11) is -3.40. The summed E-state index contributed by atoms with van der Waals surface area (Å²) in [6, 6.07) is 10.6. The number of sulfone groups is 1. The highest BCUT2D eigenvalue weighted by Crippen LogP contribution is 2.26. The Labute approximate surface area is 200 Å². The van der Waals surface area contributed by atoms with E-state index in [9.17, 15) is 31.2 Å². The van der Waals surface area contributed by atoms with E-state index in [0.717, 1.165) is 18.4 Å². The zero-order valence-electron chi connectivity index (χ0n) is 18.8. The molecule has 0 radical (unpaired) electrons. The smallest absolute Gasteiger partial charge is 0.490 e. The van der Waals surface area contributed by atoms with Gasteiger partial charge in [-0.25, -0.2) is 13.2 Å². The molecule has 0 heterocycles. The summed E-state index contributed by atoms with van der Waals surface area (Å²) in [6.07, 6.45) is -1.15. The Balaban J connectivity index is 1.41. The predicted molar refractivity (Wildman–Crippen MR) is 122 cm³/mol. The number of benzene rings is 2. The van der Waals surface area contributed by atoms with Crippen LogP contribution in [0, 0.1) is 0 Å². The number of alkyl halides is 3. The number of amides is 2. The van der Waals surface area contributed by atoms with Gasteiger partial charge >= 0.3 is 12.4 Å². The number of urea groups is 1. The van der Waals surface area contributed by atoms with E-state index in [4.69, 9.17) is 4.74 Å². The van der Waals surface area contributed by atoms with Gasteiger partial charge in [0.1, 0.15) is 17.3 Å². The van der Waals surface area contributed by atoms with Crippen molar-refractivity contribution in [2.24, 2.45) is 0 Å². The molecule has 35 heavy (non-hydrogen) atoms. The molecule has 2 aromatic carbocycles. The van der Waals surface area contributed by atoms with Crippen molar-refractivity contribution in [3.8, 4) is 11.5 Å². The molecular weight excluding hydrogens is 489 g/mol. The second kappa shape index (κ2) is 11.0. The van der Waals surface area contributed by atoms with Crippen molar-refractivity contribution in [3.63, 3.8) is 0 Å². The minimum atomic E-state index is -4.78. The molecule has 0 saturated heterocycles. The molecule has 2 amide bonds. The molecule has 0 spiro atoms. The number of carbonyl (C=O) groups is 2. The van der Waals surface area contributed by atoms with Crippen molar-refractivity contribution in [3.05, 3.63) is 54.1 Å². The third kappa shape index (κ3) is 9.12. The average molecular weight is 515 g/mol. The van der Waals surface area contributed by atoms with Crippen LogP contribution in [0.15, 0.2) is 48.5 Å². The number of hydrogen-bond donors (Lipinski definition) is 2. The minimum Gasteiger partial charge on any atom is -0.490 e. The molecule has 0 bridgehead atoms. The third-order valence-corrected chi connectivity index (χ3v) is 6.01. The monoisotopic (exact) mass is 514 g/mol. The number of halogens is 3. The van der Waals surface area contributed by atoms with Gasteiger partial charge in [-0.1, -0.05) is 0 Å². The Morgan fingerprint density at radius 2 is 1.51 bits per heavy atom. The summed E-state index contributed by atoms with van der Waals surface area (Å²) in [5.74, 6) is -0.838. The molecule has 1 aliphatic rings. The number of ketones is 1. The Bertz CT molecular complexity index is 1130. The molecule has 0 unspecified atom stereocenters. The molecule has 2 aromatic rings. The lowest BCUT2D eigenvalue weighted by Gasteiger charge is -2.29. The lowest BCUT2D eigenvalue weighted by molar-refractivity contribution is -0.274. The van der Waals surface area contributed by atoms with Crippen molar-refractivity contribution in [1.82, 2.24) is 5.32 Å². The van der Waals surface area contributed by atoms with Gasteiger partial charge in [0, 0.05) is 23.5 Å². The first-order valence-electron chi connectivity index (χ1n) is 10.8. The molecule has 0 aliphatic heterocycles. The molecular formula is C23H25F3N2O6S. The molecule has 1 fully saturated rings. The van der Waals surface area contributed by atoms with Crippen LogP contribution < -0.4 is 20.1 Å². The van der Waals surface area contributed by atoms with Crippen LogP contribution in [0.1, 0.15) is 36.0 Å². The van der Waals surface area contributed by atoms with Crippen molar-refractivity contribution in [2.75, 3.05) is 17.3 Å². The number of hydrogen-bond acceptors (Lipinski definition) is 6. The van der Waals surface area contributed by atoms with Crippen LogP contribution in [0.2, 0.25) is 0 Å². The average Bonchev–Trinajstić information content (AvgIpc) is 2.75. The largest absolute Gasteiger partial charge is 0.573 e. The molecule has 190 valence electrons. The topological polar surface area (TPSA) is 111 Å². The highest BCUT2D eigenvalue weighted by Gasteiger charge is 2.31. The second-order valence-corrected chi connectivity index (χ2v) is 10.4. The number of anilines is 1. The fraction of sp³-hybridized carbons (Fsp3) is 0.391. The number of rotatable bonds is 8. The highest BCUT2D eigenvalue weighted by atomic mass is 32.2. The summed E-state index contributed by atoms with van der Waals surface area (Å²) >= 11 is 0. The van der Waals surface area contributed by atoms with E-state index in [-0.39, 0.29) is 17.9 Å². The molecule has 3 rings (SSSR count). The molecule has 1 aliphatic carbocycles. The Morgan fingerprint density at radius 3 is 2.06 bits per heavy atom. The third-order valence-electron chi connectivity index (χ3n) is 5.23. The van der Waals surface area contributed by atoms with Crippen LogP contribution in [0.3, 0.4) is 0 Å². The Morgan fingerprint density at radius 1 is 0.943 bits per heavy atom. The van der Waals surface area contributed by atoms with E-state index in [1.807, 2.05) is 0 Å². The SMILES string of the molecule is CS(=O)(=O)CC(=O)c1ccc(OC2CCC(NC(=O)Nc3ccc(OC(F)(F)F)cc3)CC2)cc1. The molecule has 12 heteroatoms. The maximum atomic E-state index is 12.2. The standard InChI is InChI=1S/C23H25F3N2O6S/c1-35(31,32)14-21(29)15-2-8-18(9-3-15)33-19-10-4-16(5-11-19)27-22(30)28-17-6-12-20(13-7-17)34-23(24,25)26/h2-3,6-9,12-13,16,19H,4-5,10-11,14H2,1H3,(H2,27,28,30).